The number of hydrogen-bond acceptors (Lipinski definition) is 1. The number of benzene rings is 9. The van der Waals surface area contributed by atoms with Crippen LogP contribution in [-0.4, -0.2) is 0 Å². The molecular formula is C50H30FN. The van der Waals surface area contributed by atoms with E-state index in [4.69, 9.17) is 0 Å². The van der Waals surface area contributed by atoms with Gasteiger partial charge >= 0.3 is 0 Å². The quantitative estimate of drug-likeness (QED) is 0.182. The second kappa shape index (κ2) is 11.1. The number of fused-ring (bicyclic) bond motifs is 9. The summed E-state index contributed by atoms with van der Waals surface area (Å²) in [6.07, 6.45) is 0. The Morgan fingerprint density at radius 3 is 1.56 bits per heavy atom. The first-order valence-corrected chi connectivity index (χ1v) is 17.8. The Bertz CT molecular complexity index is 2900. The number of para-hydroxylation sites is 1. The lowest BCUT2D eigenvalue weighted by Crippen LogP contribution is -2.11. The molecule has 52 heavy (non-hydrogen) atoms. The fourth-order valence-electron chi connectivity index (χ4n) is 8.90. The van der Waals surface area contributed by atoms with E-state index < -0.39 is 0 Å². The van der Waals surface area contributed by atoms with Crippen LogP contribution in [-0.2, 0) is 0 Å². The smallest absolute Gasteiger partial charge is 0.123 e. The summed E-state index contributed by atoms with van der Waals surface area (Å²) in [4.78, 5) is 2.32. The molecule has 2 aliphatic rings. The molecule has 0 saturated heterocycles. The van der Waals surface area contributed by atoms with E-state index in [0.717, 1.165) is 39.3 Å². The van der Waals surface area contributed by atoms with E-state index in [0.29, 0.717) is 0 Å². The molecule has 0 atom stereocenters. The first-order valence-electron chi connectivity index (χ1n) is 17.8. The molecule has 9 aromatic rings. The van der Waals surface area contributed by atoms with Crippen molar-refractivity contribution < 1.29 is 4.39 Å². The van der Waals surface area contributed by atoms with Crippen LogP contribution in [0.2, 0.25) is 0 Å². The molecule has 0 bridgehead atoms. The van der Waals surface area contributed by atoms with E-state index >= 15 is 4.39 Å². The van der Waals surface area contributed by atoms with Gasteiger partial charge in [0.1, 0.15) is 5.82 Å². The van der Waals surface area contributed by atoms with Crippen molar-refractivity contribution in [3.05, 3.63) is 188 Å². The molecule has 0 spiro atoms. The van der Waals surface area contributed by atoms with Crippen molar-refractivity contribution in [2.75, 3.05) is 4.90 Å². The lowest BCUT2D eigenvalue weighted by molar-refractivity contribution is 0.628. The predicted octanol–water partition coefficient (Wildman–Crippen LogP) is 14.2. The summed E-state index contributed by atoms with van der Waals surface area (Å²) in [6.45, 7) is 0. The van der Waals surface area contributed by atoms with Crippen LogP contribution in [0.15, 0.2) is 182 Å². The predicted molar refractivity (Wildman–Crippen MR) is 216 cm³/mol. The van der Waals surface area contributed by atoms with E-state index in [1.54, 1.807) is 12.1 Å². The Labute approximate surface area is 301 Å². The Balaban J connectivity index is 1.30. The van der Waals surface area contributed by atoms with Crippen molar-refractivity contribution >= 4 is 38.6 Å². The van der Waals surface area contributed by atoms with E-state index in [2.05, 4.69) is 163 Å². The van der Waals surface area contributed by atoms with E-state index in [9.17, 15) is 0 Å². The van der Waals surface area contributed by atoms with Gasteiger partial charge in [-0.15, -0.1) is 0 Å². The van der Waals surface area contributed by atoms with Crippen LogP contribution in [0.4, 0.5) is 21.5 Å². The first kappa shape index (κ1) is 29.0. The van der Waals surface area contributed by atoms with Crippen molar-refractivity contribution in [1.82, 2.24) is 0 Å². The van der Waals surface area contributed by atoms with Crippen LogP contribution < -0.4 is 4.90 Å². The monoisotopic (exact) mass is 663 g/mol. The number of hydrogen-bond donors (Lipinski definition) is 0. The summed E-state index contributed by atoms with van der Waals surface area (Å²) in [5.41, 5.74) is 17.1. The molecule has 1 aliphatic heterocycles. The SMILES string of the molecule is Fc1ccc2c(c1)-c1ccccc1-c1ccccc1N2c1ccc2c(-c3ccccc3)c3c(c(-c4ccccc4)c2c1)-c1cccc2cccc-3c12. The topological polar surface area (TPSA) is 3.24 Å². The van der Waals surface area contributed by atoms with Gasteiger partial charge < -0.3 is 4.90 Å². The molecule has 0 N–H and O–H groups in total. The second-order valence-corrected chi connectivity index (χ2v) is 13.7. The lowest BCUT2D eigenvalue weighted by Gasteiger charge is -2.28. The third kappa shape index (κ3) is 4.09. The van der Waals surface area contributed by atoms with Crippen molar-refractivity contribution in [2.24, 2.45) is 0 Å². The third-order valence-corrected chi connectivity index (χ3v) is 11.0. The molecule has 0 fully saturated rings. The molecule has 242 valence electrons. The first-order chi connectivity index (χ1) is 25.7. The highest BCUT2D eigenvalue weighted by Crippen LogP contribution is 2.59. The molecule has 1 nitrogen and oxygen atoms in total. The normalized spacial score (nSPS) is 12.3. The van der Waals surface area contributed by atoms with Gasteiger partial charge in [-0.3, -0.25) is 0 Å². The summed E-state index contributed by atoms with van der Waals surface area (Å²) >= 11 is 0. The maximum atomic E-state index is 15.1. The Hall–Kier alpha value is -6.77. The van der Waals surface area contributed by atoms with Gasteiger partial charge in [-0.2, -0.15) is 0 Å². The largest absolute Gasteiger partial charge is 0.309 e. The van der Waals surface area contributed by atoms with Crippen LogP contribution in [0.1, 0.15) is 0 Å². The average Bonchev–Trinajstić information content (AvgIpc) is 3.47. The standard InChI is InChI=1S/C50H30FN/c51-34-25-28-45-42(29-34)37-20-8-7-19-36(37)38-21-9-10-24-44(38)52(45)35-26-27-39-43(30-35)48(33-15-5-2-6-16-33)50-41-23-12-18-31-17-11-22-40(46(31)41)49(50)47(39)32-13-3-1-4-14-32/h1-30H. The molecule has 0 unspecified atom stereocenters. The molecule has 9 aromatic carbocycles. The van der Waals surface area contributed by atoms with Crippen molar-refractivity contribution in [1.29, 1.82) is 0 Å². The number of nitrogens with zero attached hydrogens (tertiary/aromatic N) is 1. The van der Waals surface area contributed by atoms with Crippen LogP contribution in [0.25, 0.3) is 88.3 Å². The molecular weight excluding hydrogens is 634 g/mol. The van der Waals surface area contributed by atoms with E-state index in [1.165, 1.54) is 66.1 Å². The zero-order chi connectivity index (χ0) is 34.3. The van der Waals surface area contributed by atoms with Crippen molar-refractivity contribution in [2.45, 2.75) is 0 Å². The molecule has 1 heterocycles. The third-order valence-electron chi connectivity index (χ3n) is 11.0. The fourth-order valence-corrected chi connectivity index (χ4v) is 8.90. The number of halogens is 1. The van der Waals surface area contributed by atoms with Gasteiger partial charge in [0, 0.05) is 16.8 Å². The fraction of sp³-hybridized carbons (Fsp3) is 0. The van der Waals surface area contributed by atoms with Gasteiger partial charge in [-0.05, 0) is 114 Å². The molecule has 0 saturated carbocycles. The van der Waals surface area contributed by atoms with Gasteiger partial charge in [0.2, 0.25) is 0 Å². The summed E-state index contributed by atoms with van der Waals surface area (Å²) in [5.74, 6) is -0.249. The van der Waals surface area contributed by atoms with Crippen LogP contribution in [0, 0.1) is 5.82 Å². The van der Waals surface area contributed by atoms with Gasteiger partial charge in [-0.25, -0.2) is 4.39 Å². The molecule has 0 radical (unpaired) electrons. The lowest BCUT2D eigenvalue weighted by atomic mass is 9.82. The summed E-state index contributed by atoms with van der Waals surface area (Å²) in [5, 5.41) is 4.93. The summed E-state index contributed by atoms with van der Waals surface area (Å²) in [6, 6.07) is 64.1. The minimum absolute atomic E-state index is 0.249. The Morgan fingerprint density at radius 1 is 0.346 bits per heavy atom. The van der Waals surface area contributed by atoms with Gasteiger partial charge in [-0.1, -0.05) is 146 Å². The van der Waals surface area contributed by atoms with Crippen molar-refractivity contribution in [3.63, 3.8) is 0 Å². The highest BCUT2D eigenvalue weighted by molar-refractivity contribution is 6.28. The number of anilines is 3. The molecule has 0 amide bonds. The second-order valence-electron chi connectivity index (χ2n) is 13.7. The maximum Gasteiger partial charge on any atom is 0.123 e. The van der Waals surface area contributed by atoms with Crippen LogP contribution >= 0.6 is 0 Å². The minimum Gasteiger partial charge on any atom is -0.309 e. The summed E-state index contributed by atoms with van der Waals surface area (Å²) < 4.78 is 15.1. The molecule has 1 aliphatic carbocycles. The van der Waals surface area contributed by atoms with Crippen LogP contribution in [0.5, 0.6) is 0 Å². The Morgan fingerprint density at radius 2 is 0.885 bits per heavy atom. The highest BCUT2D eigenvalue weighted by atomic mass is 19.1. The van der Waals surface area contributed by atoms with Gasteiger partial charge in [0.25, 0.3) is 0 Å². The van der Waals surface area contributed by atoms with Crippen molar-refractivity contribution in [3.8, 4) is 66.8 Å². The van der Waals surface area contributed by atoms with Crippen LogP contribution in [0.3, 0.4) is 0 Å². The maximum absolute atomic E-state index is 15.1. The average molecular weight is 664 g/mol. The Kier molecular flexibility index (Phi) is 6.20. The van der Waals surface area contributed by atoms with E-state index in [1.807, 2.05) is 12.1 Å². The number of rotatable bonds is 3. The zero-order valence-corrected chi connectivity index (χ0v) is 28.1. The molecule has 11 rings (SSSR count). The summed E-state index contributed by atoms with van der Waals surface area (Å²) in [7, 11) is 0. The zero-order valence-electron chi connectivity index (χ0n) is 28.1. The molecule has 2 heteroatoms. The molecule has 0 aromatic heterocycles. The van der Waals surface area contributed by atoms with Gasteiger partial charge in [0.15, 0.2) is 0 Å². The highest BCUT2D eigenvalue weighted by Gasteiger charge is 2.32. The minimum atomic E-state index is -0.249. The van der Waals surface area contributed by atoms with E-state index in [-0.39, 0.29) is 5.82 Å². The van der Waals surface area contributed by atoms with Gasteiger partial charge in [0.05, 0.1) is 11.4 Å².